The first-order chi connectivity index (χ1) is 12.2. The zero-order valence-corrected chi connectivity index (χ0v) is 14.6. The lowest BCUT2D eigenvalue weighted by Gasteiger charge is -2.10. The average molecular weight is 323 g/mol. The maximum Gasteiger partial charge on any atom is 0.0360 e. The molecule has 0 saturated carbocycles. The molecule has 122 valence electrons. The van der Waals surface area contributed by atoms with Gasteiger partial charge in [-0.1, -0.05) is 78.9 Å². The summed E-state index contributed by atoms with van der Waals surface area (Å²) in [4.78, 5) is 2.08. The highest BCUT2D eigenvalue weighted by molar-refractivity contribution is 6.22. The van der Waals surface area contributed by atoms with E-state index in [0.717, 1.165) is 0 Å². The molecule has 0 N–H and O–H groups in total. The van der Waals surface area contributed by atoms with E-state index in [0.29, 0.717) is 0 Å². The van der Waals surface area contributed by atoms with Gasteiger partial charge >= 0.3 is 0 Å². The Labute approximate surface area is 148 Å². The quantitative estimate of drug-likeness (QED) is 0.325. The Morgan fingerprint density at radius 3 is 1.16 bits per heavy atom. The van der Waals surface area contributed by atoms with Crippen LogP contribution in [0.15, 0.2) is 91.0 Å². The lowest BCUT2D eigenvalue weighted by molar-refractivity contribution is 1.13. The number of hydrogen-bond acceptors (Lipinski definition) is 1. The van der Waals surface area contributed by atoms with E-state index in [2.05, 4.69) is 77.7 Å². The van der Waals surface area contributed by atoms with Gasteiger partial charge in [-0.05, 0) is 44.5 Å². The number of para-hydroxylation sites is 1. The minimum Gasteiger partial charge on any atom is -0.378 e. The minimum absolute atomic E-state index is 1.25. The van der Waals surface area contributed by atoms with Gasteiger partial charge in [0, 0.05) is 19.8 Å². The first kappa shape index (κ1) is 15.5. The standard InChI is InChI=1S/C16H10.C8H11N/c1-3-11-7-9-13-5-2-6-14-10-8-12(4-1)15(11)16(13)14;1-9(2)8-6-4-3-5-7-8/h1-10H;3-7H,1-2H3. The van der Waals surface area contributed by atoms with E-state index < -0.39 is 0 Å². The van der Waals surface area contributed by atoms with Gasteiger partial charge in [-0.2, -0.15) is 0 Å². The van der Waals surface area contributed by atoms with Crippen molar-refractivity contribution in [1.82, 2.24) is 0 Å². The molecular formula is C24H21N. The average Bonchev–Trinajstić information content (AvgIpc) is 2.67. The van der Waals surface area contributed by atoms with Gasteiger partial charge < -0.3 is 4.90 Å². The highest BCUT2D eigenvalue weighted by Crippen LogP contribution is 2.33. The van der Waals surface area contributed by atoms with Crippen molar-refractivity contribution < 1.29 is 0 Å². The summed E-state index contributed by atoms with van der Waals surface area (Å²) in [6.07, 6.45) is 0. The Bertz CT molecular complexity index is 980. The Balaban J connectivity index is 0.000000150. The third-order valence-corrected chi connectivity index (χ3v) is 4.67. The Morgan fingerprint density at radius 1 is 0.440 bits per heavy atom. The molecule has 0 atom stereocenters. The maximum atomic E-state index is 2.21. The summed E-state index contributed by atoms with van der Waals surface area (Å²) < 4.78 is 0. The van der Waals surface area contributed by atoms with Gasteiger partial charge in [0.15, 0.2) is 0 Å². The normalized spacial score (nSPS) is 10.8. The zero-order chi connectivity index (χ0) is 17.2. The van der Waals surface area contributed by atoms with E-state index in [-0.39, 0.29) is 0 Å². The van der Waals surface area contributed by atoms with Crippen LogP contribution >= 0.6 is 0 Å². The summed E-state index contributed by atoms with van der Waals surface area (Å²) in [5.74, 6) is 0. The number of nitrogens with zero attached hydrogens (tertiary/aromatic N) is 1. The van der Waals surface area contributed by atoms with Gasteiger partial charge in [-0.25, -0.2) is 0 Å². The number of benzene rings is 5. The van der Waals surface area contributed by atoms with Gasteiger partial charge in [-0.15, -0.1) is 0 Å². The van der Waals surface area contributed by atoms with Crippen molar-refractivity contribution in [2.45, 2.75) is 0 Å². The molecule has 0 radical (unpaired) electrons. The molecule has 0 saturated heterocycles. The molecule has 0 aliphatic rings. The molecule has 0 amide bonds. The fourth-order valence-electron chi connectivity index (χ4n) is 3.40. The van der Waals surface area contributed by atoms with Crippen molar-refractivity contribution in [3.8, 4) is 0 Å². The van der Waals surface area contributed by atoms with Gasteiger partial charge in [0.1, 0.15) is 0 Å². The van der Waals surface area contributed by atoms with Crippen LogP contribution < -0.4 is 4.90 Å². The molecule has 0 fully saturated rings. The zero-order valence-electron chi connectivity index (χ0n) is 14.6. The van der Waals surface area contributed by atoms with E-state index in [1.54, 1.807) is 0 Å². The van der Waals surface area contributed by atoms with Crippen LogP contribution in [0.3, 0.4) is 0 Å². The Morgan fingerprint density at radius 2 is 0.840 bits per heavy atom. The summed E-state index contributed by atoms with van der Waals surface area (Å²) in [5.41, 5.74) is 1.25. The molecule has 5 aromatic carbocycles. The largest absolute Gasteiger partial charge is 0.378 e. The van der Waals surface area contributed by atoms with Crippen molar-refractivity contribution in [3.05, 3.63) is 91.0 Å². The first-order valence-corrected chi connectivity index (χ1v) is 8.59. The van der Waals surface area contributed by atoms with Crippen LogP contribution in [-0.4, -0.2) is 14.1 Å². The molecule has 1 heteroatoms. The monoisotopic (exact) mass is 323 g/mol. The highest BCUT2D eigenvalue weighted by atomic mass is 15.1. The topological polar surface area (TPSA) is 3.24 Å². The van der Waals surface area contributed by atoms with Gasteiger partial charge in [0.2, 0.25) is 0 Å². The van der Waals surface area contributed by atoms with Gasteiger partial charge in [0.05, 0.1) is 0 Å². The highest BCUT2D eigenvalue weighted by Gasteiger charge is 2.05. The second-order valence-electron chi connectivity index (χ2n) is 6.52. The van der Waals surface area contributed by atoms with Gasteiger partial charge in [0.25, 0.3) is 0 Å². The third kappa shape index (κ3) is 2.89. The SMILES string of the molecule is CN(C)c1ccccc1.c1cc2ccc3cccc4ccc(c1)c2c34. The predicted octanol–water partition coefficient (Wildman–Crippen LogP) is 6.34. The summed E-state index contributed by atoms with van der Waals surface area (Å²) in [6, 6.07) is 32.1. The van der Waals surface area contributed by atoms with E-state index >= 15 is 0 Å². The van der Waals surface area contributed by atoms with Crippen LogP contribution in [0.1, 0.15) is 0 Å². The molecule has 0 aliphatic heterocycles. The molecule has 0 aromatic heterocycles. The maximum absolute atomic E-state index is 2.21. The number of anilines is 1. The first-order valence-electron chi connectivity index (χ1n) is 8.59. The van der Waals surface area contributed by atoms with Crippen LogP contribution in [0.2, 0.25) is 0 Å². The molecule has 1 nitrogen and oxygen atoms in total. The van der Waals surface area contributed by atoms with Crippen molar-refractivity contribution in [2.24, 2.45) is 0 Å². The van der Waals surface area contributed by atoms with Crippen molar-refractivity contribution in [1.29, 1.82) is 0 Å². The second kappa shape index (κ2) is 6.45. The fraction of sp³-hybridized carbons (Fsp3) is 0.0833. The van der Waals surface area contributed by atoms with E-state index in [1.807, 2.05) is 32.3 Å². The molecule has 5 rings (SSSR count). The van der Waals surface area contributed by atoms with Crippen LogP contribution in [-0.2, 0) is 0 Å². The van der Waals surface area contributed by atoms with Crippen molar-refractivity contribution >= 4 is 38.0 Å². The van der Waals surface area contributed by atoms with E-state index in [9.17, 15) is 0 Å². The summed E-state index contributed by atoms with van der Waals surface area (Å²) in [6.45, 7) is 0. The molecule has 0 heterocycles. The number of hydrogen-bond donors (Lipinski definition) is 0. The summed E-state index contributed by atoms with van der Waals surface area (Å²) in [5, 5.41) is 8.14. The van der Waals surface area contributed by atoms with Gasteiger partial charge in [-0.3, -0.25) is 0 Å². The van der Waals surface area contributed by atoms with Crippen molar-refractivity contribution in [2.75, 3.05) is 19.0 Å². The van der Waals surface area contributed by atoms with Crippen LogP contribution in [0.5, 0.6) is 0 Å². The van der Waals surface area contributed by atoms with Crippen LogP contribution in [0.4, 0.5) is 5.69 Å². The summed E-state index contributed by atoms with van der Waals surface area (Å²) >= 11 is 0. The molecule has 25 heavy (non-hydrogen) atoms. The Hall–Kier alpha value is -3.06. The van der Waals surface area contributed by atoms with E-state index in [1.165, 1.54) is 38.0 Å². The molecule has 0 aliphatic carbocycles. The molecule has 0 spiro atoms. The second-order valence-corrected chi connectivity index (χ2v) is 6.52. The molecule has 0 unspecified atom stereocenters. The number of rotatable bonds is 1. The smallest absolute Gasteiger partial charge is 0.0360 e. The molecule has 0 bridgehead atoms. The van der Waals surface area contributed by atoms with E-state index in [4.69, 9.17) is 0 Å². The van der Waals surface area contributed by atoms with Crippen LogP contribution in [0.25, 0.3) is 32.3 Å². The lowest BCUT2D eigenvalue weighted by Crippen LogP contribution is -2.07. The lowest BCUT2D eigenvalue weighted by atomic mass is 9.95. The van der Waals surface area contributed by atoms with Crippen molar-refractivity contribution in [3.63, 3.8) is 0 Å². The molecule has 5 aromatic rings. The minimum atomic E-state index is 1.25. The predicted molar refractivity (Wildman–Crippen MR) is 111 cm³/mol. The Kier molecular flexibility index (Phi) is 3.99. The van der Waals surface area contributed by atoms with Crippen LogP contribution in [0, 0.1) is 0 Å². The fourth-order valence-corrected chi connectivity index (χ4v) is 3.40. The third-order valence-electron chi connectivity index (χ3n) is 4.67. The summed E-state index contributed by atoms with van der Waals surface area (Å²) in [7, 11) is 4.07. The molecular weight excluding hydrogens is 302 g/mol.